The number of hydrogen-bond donors (Lipinski definition) is 2. The highest BCUT2D eigenvalue weighted by Gasteiger charge is 2.40. The maximum absolute atomic E-state index is 12.1. The molecular weight excluding hydrogens is 262 g/mol. The van der Waals surface area contributed by atoms with Gasteiger partial charge in [0.1, 0.15) is 0 Å². The highest BCUT2D eigenvalue weighted by atomic mass is 16.5. The average molecular weight is 281 g/mol. The van der Waals surface area contributed by atoms with Gasteiger partial charge in [-0.15, -0.1) is 0 Å². The largest absolute Gasteiger partial charge is 0.481 e. The Bertz CT molecular complexity index is 500. The molecule has 1 amide bonds. The molecule has 0 aliphatic heterocycles. The van der Waals surface area contributed by atoms with Gasteiger partial charge in [0.25, 0.3) is 0 Å². The molecule has 1 aromatic heterocycles. The van der Waals surface area contributed by atoms with Gasteiger partial charge in [0, 0.05) is 19.9 Å². The summed E-state index contributed by atoms with van der Waals surface area (Å²) >= 11 is 0. The molecular formula is C13H19N3O4. The van der Waals surface area contributed by atoms with Crippen LogP contribution in [0.5, 0.6) is 0 Å². The van der Waals surface area contributed by atoms with Crippen molar-refractivity contribution < 1.29 is 19.2 Å². The Balaban J connectivity index is 1.83. The minimum absolute atomic E-state index is 0.193. The average Bonchev–Trinajstić information content (AvgIpc) is 2.95. The summed E-state index contributed by atoms with van der Waals surface area (Å²) in [4.78, 5) is 27.2. The fourth-order valence-electron chi connectivity index (χ4n) is 2.73. The van der Waals surface area contributed by atoms with Gasteiger partial charge in [-0.3, -0.25) is 9.59 Å². The van der Waals surface area contributed by atoms with E-state index >= 15 is 0 Å². The number of aromatic nitrogens is 2. The molecule has 110 valence electrons. The molecule has 1 heterocycles. The van der Waals surface area contributed by atoms with Gasteiger partial charge in [-0.25, -0.2) is 0 Å². The second-order valence-electron chi connectivity index (χ2n) is 5.40. The van der Waals surface area contributed by atoms with E-state index in [2.05, 4.69) is 15.5 Å². The number of hydrogen-bond acceptors (Lipinski definition) is 5. The normalized spacial score (nSPS) is 25.6. The summed E-state index contributed by atoms with van der Waals surface area (Å²) in [5.74, 6) is -0.789. The van der Waals surface area contributed by atoms with E-state index in [0.29, 0.717) is 37.5 Å². The summed E-state index contributed by atoms with van der Waals surface area (Å²) in [6.45, 7) is 4.06. The topological polar surface area (TPSA) is 105 Å². The Morgan fingerprint density at radius 2 is 2.10 bits per heavy atom. The summed E-state index contributed by atoms with van der Waals surface area (Å²) in [7, 11) is 0. The number of nitrogens with zero attached hydrogens (tertiary/aromatic N) is 2. The summed E-state index contributed by atoms with van der Waals surface area (Å²) in [5, 5.41) is 15.6. The number of amides is 1. The van der Waals surface area contributed by atoms with Crippen LogP contribution in [0.1, 0.15) is 31.5 Å². The molecule has 7 nitrogen and oxygen atoms in total. The number of carbonyl (C=O) groups excluding carboxylic acids is 1. The van der Waals surface area contributed by atoms with Crippen LogP contribution in [0.2, 0.25) is 0 Å². The van der Waals surface area contributed by atoms with Gasteiger partial charge in [0.2, 0.25) is 11.8 Å². The lowest BCUT2D eigenvalue weighted by atomic mass is 9.95. The predicted octanol–water partition coefficient (Wildman–Crippen LogP) is 0.784. The fraction of sp³-hybridized carbons (Fsp3) is 0.692. The third-order valence-electron chi connectivity index (χ3n) is 3.67. The van der Waals surface area contributed by atoms with E-state index in [-0.39, 0.29) is 11.8 Å². The summed E-state index contributed by atoms with van der Waals surface area (Å²) in [5.41, 5.74) is 0. The maximum Gasteiger partial charge on any atom is 0.307 e. The molecule has 20 heavy (non-hydrogen) atoms. The molecule has 2 rings (SSSR count). The molecule has 0 aromatic carbocycles. The first kappa shape index (κ1) is 14.5. The number of carboxylic acid groups (broad SMARTS) is 1. The van der Waals surface area contributed by atoms with Crippen LogP contribution in [0.4, 0.5) is 0 Å². The lowest BCUT2D eigenvalue weighted by Gasteiger charge is -2.15. The van der Waals surface area contributed by atoms with Crippen LogP contribution < -0.4 is 5.32 Å². The van der Waals surface area contributed by atoms with Gasteiger partial charge in [-0.05, 0) is 18.8 Å². The number of nitrogens with one attached hydrogen (secondary N) is 1. The molecule has 3 unspecified atom stereocenters. The number of carboxylic acids is 1. The monoisotopic (exact) mass is 281 g/mol. The number of aryl methyl sites for hydroxylation is 1. The molecule has 1 fully saturated rings. The van der Waals surface area contributed by atoms with Gasteiger partial charge in [0.15, 0.2) is 5.82 Å². The van der Waals surface area contributed by atoms with Crippen molar-refractivity contribution in [2.45, 2.75) is 33.1 Å². The van der Waals surface area contributed by atoms with Gasteiger partial charge in [0.05, 0.1) is 11.8 Å². The van der Waals surface area contributed by atoms with E-state index < -0.39 is 17.8 Å². The second kappa shape index (κ2) is 6.02. The Hall–Kier alpha value is -1.92. The van der Waals surface area contributed by atoms with Crippen molar-refractivity contribution in [1.29, 1.82) is 0 Å². The smallest absolute Gasteiger partial charge is 0.307 e. The minimum atomic E-state index is -0.886. The SMILES string of the molecule is Cc1nc(CCNC(=O)C2CC(C)CC2C(=O)O)no1. The van der Waals surface area contributed by atoms with Gasteiger partial charge in [-0.2, -0.15) is 4.98 Å². The van der Waals surface area contributed by atoms with E-state index in [1.807, 2.05) is 6.92 Å². The van der Waals surface area contributed by atoms with Crippen LogP contribution in [0.15, 0.2) is 4.52 Å². The Morgan fingerprint density at radius 3 is 2.70 bits per heavy atom. The number of carbonyl (C=O) groups is 2. The summed E-state index contributed by atoms with van der Waals surface area (Å²) in [6.07, 6.45) is 1.67. The highest BCUT2D eigenvalue weighted by Crippen LogP contribution is 2.36. The standard InChI is InChI=1S/C13H19N3O4/c1-7-5-9(10(6-7)13(18)19)12(17)14-4-3-11-15-8(2)20-16-11/h7,9-10H,3-6H2,1-2H3,(H,14,17)(H,18,19). The quantitative estimate of drug-likeness (QED) is 0.826. The zero-order valence-electron chi connectivity index (χ0n) is 11.6. The predicted molar refractivity (Wildman–Crippen MR) is 68.8 cm³/mol. The molecule has 7 heteroatoms. The maximum atomic E-state index is 12.1. The Kier molecular flexibility index (Phi) is 4.36. The molecule has 1 saturated carbocycles. The minimum Gasteiger partial charge on any atom is -0.481 e. The molecule has 0 spiro atoms. The van der Waals surface area contributed by atoms with E-state index in [0.717, 1.165) is 0 Å². The summed E-state index contributed by atoms with van der Waals surface area (Å²) in [6, 6.07) is 0. The first-order valence-corrected chi connectivity index (χ1v) is 6.77. The zero-order valence-corrected chi connectivity index (χ0v) is 11.6. The number of aliphatic carboxylic acids is 1. The molecule has 0 saturated heterocycles. The molecule has 0 bridgehead atoms. The molecule has 3 atom stereocenters. The molecule has 1 aliphatic rings. The van der Waals surface area contributed by atoms with Gasteiger partial charge < -0.3 is 14.9 Å². The van der Waals surface area contributed by atoms with E-state index in [4.69, 9.17) is 9.63 Å². The Morgan fingerprint density at radius 1 is 1.40 bits per heavy atom. The van der Waals surface area contributed by atoms with Crippen molar-refractivity contribution in [3.63, 3.8) is 0 Å². The second-order valence-corrected chi connectivity index (χ2v) is 5.40. The zero-order chi connectivity index (χ0) is 14.7. The number of rotatable bonds is 5. The lowest BCUT2D eigenvalue weighted by Crippen LogP contribution is -2.36. The van der Waals surface area contributed by atoms with Gasteiger partial charge in [-0.1, -0.05) is 12.1 Å². The van der Waals surface area contributed by atoms with Crippen LogP contribution in [0.3, 0.4) is 0 Å². The molecule has 1 aliphatic carbocycles. The van der Waals surface area contributed by atoms with Gasteiger partial charge >= 0.3 is 5.97 Å². The van der Waals surface area contributed by atoms with Crippen molar-refractivity contribution in [3.8, 4) is 0 Å². The summed E-state index contributed by atoms with van der Waals surface area (Å²) < 4.78 is 4.83. The van der Waals surface area contributed by atoms with Crippen LogP contribution >= 0.6 is 0 Å². The van der Waals surface area contributed by atoms with Crippen LogP contribution in [0.25, 0.3) is 0 Å². The molecule has 0 radical (unpaired) electrons. The fourth-order valence-corrected chi connectivity index (χ4v) is 2.73. The van der Waals surface area contributed by atoms with Crippen LogP contribution in [-0.2, 0) is 16.0 Å². The first-order valence-electron chi connectivity index (χ1n) is 6.77. The van der Waals surface area contributed by atoms with Crippen molar-refractivity contribution >= 4 is 11.9 Å². The van der Waals surface area contributed by atoms with E-state index in [1.165, 1.54) is 0 Å². The van der Waals surface area contributed by atoms with Crippen LogP contribution in [-0.4, -0.2) is 33.7 Å². The van der Waals surface area contributed by atoms with Crippen molar-refractivity contribution in [3.05, 3.63) is 11.7 Å². The third-order valence-corrected chi connectivity index (χ3v) is 3.67. The van der Waals surface area contributed by atoms with Crippen molar-refractivity contribution in [1.82, 2.24) is 15.5 Å². The van der Waals surface area contributed by atoms with E-state index in [1.54, 1.807) is 6.92 Å². The lowest BCUT2D eigenvalue weighted by molar-refractivity contribution is -0.146. The molecule has 1 aromatic rings. The van der Waals surface area contributed by atoms with Crippen molar-refractivity contribution in [2.75, 3.05) is 6.54 Å². The van der Waals surface area contributed by atoms with E-state index in [9.17, 15) is 9.59 Å². The van der Waals surface area contributed by atoms with Crippen molar-refractivity contribution in [2.24, 2.45) is 17.8 Å². The molecule has 2 N–H and O–H groups in total. The Labute approximate surface area is 116 Å². The first-order chi connectivity index (χ1) is 9.47. The third kappa shape index (κ3) is 3.34. The van der Waals surface area contributed by atoms with Crippen LogP contribution in [0, 0.1) is 24.7 Å². The highest BCUT2D eigenvalue weighted by molar-refractivity contribution is 5.85.